The van der Waals surface area contributed by atoms with E-state index in [1.807, 2.05) is 6.07 Å². The summed E-state index contributed by atoms with van der Waals surface area (Å²) in [5.74, 6) is 0. The predicted molar refractivity (Wildman–Crippen MR) is 78.3 cm³/mol. The molecule has 1 aliphatic heterocycles. The average molecular weight is 288 g/mol. The van der Waals surface area contributed by atoms with Gasteiger partial charge in [0.25, 0.3) is 0 Å². The Labute approximate surface area is 121 Å². The van der Waals surface area contributed by atoms with E-state index in [0.29, 0.717) is 6.54 Å². The molecule has 0 amide bonds. The zero-order valence-electron chi connectivity index (χ0n) is 10.3. The SMILES string of the molecule is Cl.Cl.N#CCN1CCN(Cc2ccccc2)CC1. The van der Waals surface area contributed by atoms with Crippen LogP contribution in [0.2, 0.25) is 0 Å². The van der Waals surface area contributed by atoms with Crippen molar-refractivity contribution in [2.45, 2.75) is 6.54 Å². The number of hydrogen-bond donors (Lipinski definition) is 0. The highest BCUT2D eigenvalue weighted by Crippen LogP contribution is 2.07. The summed E-state index contributed by atoms with van der Waals surface area (Å²) in [5.41, 5.74) is 1.37. The summed E-state index contributed by atoms with van der Waals surface area (Å²) in [7, 11) is 0. The van der Waals surface area contributed by atoms with E-state index in [-0.39, 0.29) is 24.8 Å². The molecular weight excluding hydrogens is 269 g/mol. The highest BCUT2D eigenvalue weighted by molar-refractivity contribution is 5.85. The molecule has 0 spiro atoms. The third-order valence-corrected chi connectivity index (χ3v) is 3.01. The lowest BCUT2D eigenvalue weighted by atomic mass is 10.2. The molecule has 0 aromatic heterocycles. The Morgan fingerprint density at radius 2 is 1.50 bits per heavy atom. The van der Waals surface area contributed by atoms with E-state index in [9.17, 15) is 0 Å². The van der Waals surface area contributed by atoms with Crippen molar-refractivity contribution in [3.63, 3.8) is 0 Å². The number of rotatable bonds is 3. The van der Waals surface area contributed by atoms with Gasteiger partial charge in [0, 0.05) is 32.7 Å². The number of halogens is 2. The van der Waals surface area contributed by atoms with Crippen molar-refractivity contribution in [2.24, 2.45) is 0 Å². The summed E-state index contributed by atoms with van der Waals surface area (Å²) in [6.45, 7) is 5.76. The van der Waals surface area contributed by atoms with Gasteiger partial charge in [0.05, 0.1) is 12.6 Å². The maximum absolute atomic E-state index is 8.61. The highest BCUT2D eigenvalue weighted by atomic mass is 35.5. The van der Waals surface area contributed by atoms with Crippen LogP contribution in [0.5, 0.6) is 0 Å². The van der Waals surface area contributed by atoms with Crippen molar-refractivity contribution >= 4 is 24.8 Å². The number of nitrogens with zero attached hydrogens (tertiary/aromatic N) is 3. The second kappa shape index (κ2) is 9.18. The second-order valence-corrected chi connectivity index (χ2v) is 4.20. The number of nitriles is 1. The fourth-order valence-electron chi connectivity index (χ4n) is 2.05. The van der Waals surface area contributed by atoms with Crippen LogP contribution in [0.3, 0.4) is 0 Å². The molecule has 1 aliphatic rings. The van der Waals surface area contributed by atoms with Gasteiger partial charge in [-0.3, -0.25) is 9.80 Å². The first-order valence-corrected chi connectivity index (χ1v) is 5.74. The highest BCUT2D eigenvalue weighted by Gasteiger charge is 2.15. The summed E-state index contributed by atoms with van der Waals surface area (Å²) in [4.78, 5) is 4.66. The van der Waals surface area contributed by atoms with Gasteiger partial charge in [0.2, 0.25) is 0 Å². The average Bonchev–Trinajstić information content (AvgIpc) is 2.33. The first kappa shape index (κ1) is 17.2. The van der Waals surface area contributed by atoms with Crippen molar-refractivity contribution in [1.29, 1.82) is 5.26 Å². The van der Waals surface area contributed by atoms with E-state index >= 15 is 0 Å². The lowest BCUT2D eigenvalue weighted by molar-refractivity contribution is 0.138. The lowest BCUT2D eigenvalue weighted by Crippen LogP contribution is -2.45. The molecule has 0 radical (unpaired) electrons. The quantitative estimate of drug-likeness (QED) is 0.799. The van der Waals surface area contributed by atoms with Gasteiger partial charge in [-0.25, -0.2) is 0 Å². The Kier molecular flexibility index (Phi) is 8.78. The molecule has 18 heavy (non-hydrogen) atoms. The van der Waals surface area contributed by atoms with Crippen LogP contribution in [-0.4, -0.2) is 42.5 Å². The standard InChI is InChI=1S/C13H17N3.2ClH/c14-6-7-15-8-10-16(11-9-15)12-13-4-2-1-3-5-13;;/h1-5H,7-12H2;2*1H. The molecule has 1 saturated heterocycles. The van der Waals surface area contributed by atoms with Gasteiger partial charge in [0.1, 0.15) is 0 Å². The number of piperazine rings is 1. The van der Waals surface area contributed by atoms with E-state index in [1.165, 1.54) is 5.56 Å². The van der Waals surface area contributed by atoms with E-state index in [4.69, 9.17) is 5.26 Å². The Bertz CT molecular complexity index is 356. The molecule has 1 fully saturated rings. The molecule has 1 heterocycles. The van der Waals surface area contributed by atoms with Gasteiger partial charge in [0.15, 0.2) is 0 Å². The van der Waals surface area contributed by atoms with Crippen molar-refractivity contribution in [3.8, 4) is 6.07 Å². The molecule has 1 aromatic rings. The molecule has 0 N–H and O–H groups in total. The molecule has 0 bridgehead atoms. The molecular formula is C13H19Cl2N3. The smallest absolute Gasteiger partial charge is 0.0866 e. The second-order valence-electron chi connectivity index (χ2n) is 4.20. The van der Waals surface area contributed by atoms with Gasteiger partial charge in [-0.05, 0) is 5.56 Å². The van der Waals surface area contributed by atoms with Crippen LogP contribution in [0.1, 0.15) is 5.56 Å². The maximum atomic E-state index is 8.61. The van der Waals surface area contributed by atoms with Crippen LogP contribution in [0.15, 0.2) is 30.3 Å². The Balaban J connectivity index is 0.00000144. The topological polar surface area (TPSA) is 30.3 Å². The van der Waals surface area contributed by atoms with E-state index < -0.39 is 0 Å². The van der Waals surface area contributed by atoms with Crippen molar-refractivity contribution in [1.82, 2.24) is 9.80 Å². The molecule has 0 aliphatic carbocycles. The molecule has 2 rings (SSSR count). The third kappa shape index (κ3) is 5.24. The van der Waals surface area contributed by atoms with Crippen molar-refractivity contribution < 1.29 is 0 Å². The molecule has 0 atom stereocenters. The minimum absolute atomic E-state index is 0. The van der Waals surface area contributed by atoms with Crippen LogP contribution in [0.4, 0.5) is 0 Å². The predicted octanol–water partition coefficient (Wildman–Crippen LogP) is 2.17. The monoisotopic (exact) mass is 287 g/mol. The van der Waals surface area contributed by atoms with E-state index in [2.05, 4.69) is 40.1 Å². The van der Waals surface area contributed by atoms with Crippen LogP contribution in [0.25, 0.3) is 0 Å². The van der Waals surface area contributed by atoms with E-state index in [1.54, 1.807) is 0 Å². The summed E-state index contributed by atoms with van der Waals surface area (Å²) in [6, 6.07) is 12.8. The van der Waals surface area contributed by atoms with Gasteiger partial charge < -0.3 is 0 Å². The molecule has 0 saturated carbocycles. The molecule has 5 heteroatoms. The fourth-order valence-corrected chi connectivity index (χ4v) is 2.05. The van der Waals surface area contributed by atoms with Gasteiger partial charge in [-0.15, -0.1) is 24.8 Å². The van der Waals surface area contributed by atoms with Crippen molar-refractivity contribution in [2.75, 3.05) is 32.7 Å². The summed E-state index contributed by atoms with van der Waals surface area (Å²) in [5, 5.41) is 8.61. The number of benzene rings is 1. The Morgan fingerprint density at radius 1 is 0.944 bits per heavy atom. The minimum atomic E-state index is 0. The zero-order chi connectivity index (χ0) is 11.2. The third-order valence-electron chi connectivity index (χ3n) is 3.01. The molecule has 1 aromatic carbocycles. The van der Waals surface area contributed by atoms with Crippen LogP contribution in [0, 0.1) is 11.3 Å². The fraction of sp³-hybridized carbons (Fsp3) is 0.462. The van der Waals surface area contributed by atoms with Gasteiger partial charge in [-0.1, -0.05) is 30.3 Å². The van der Waals surface area contributed by atoms with Crippen LogP contribution < -0.4 is 0 Å². The first-order valence-electron chi connectivity index (χ1n) is 5.74. The van der Waals surface area contributed by atoms with Crippen molar-refractivity contribution in [3.05, 3.63) is 35.9 Å². The molecule has 0 unspecified atom stereocenters. The normalized spacial score (nSPS) is 16.2. The Hall–Kier alpha value is -0.790. The maximum Gasteiger partial charge on any atom is 0.0866 e. The summed E-state index contributed by atoms with van der Waals surface area (Å²) in [6.07, 6.45) is 0. The lowest BCUT2D eigenvalue weighted by Gasteiger charge is -2.33. The summed E-state index contributed by atoms with van der Waals surface area (Å²) >= 11 is 0. The largest absolute Gasteiger partial charge is 0.297 e. The van der Waals surface area contributed by atoms with Crippen LogP contribution in [-0.2, 0) is 6.54 Å². The number of hydrogen-bond acceptors (Lipinski definition) is 3. The van der Waals surface area contributed by atoms with Crippen LogP contribution >= 0.6 is 24.8 Å². The first-order chi connectivity index (χ1) is 7.88. The zero-order valence-corrected chi connectivity index (χ0v) is 11.9. The molecule has 100 valence electrons. The molecule has 3 nitrogen and oxygen atoms in total. The Morgan fingerprint density at radius 3 is 2.06 bits per heavy atom. The van der Waals surface area contributed by atoms with Gasteiger partial charge >= 0.3 is 0 Å². The summed E-state index contributed by atoms with van der Waals surface area (Å²) < 4.78 is 0. The minimum Gasteiger partial charge on any atom is -0.297 e. The van der Waals surface area contributed by atoms with E-state index in [0.717, 1.165) is 32.7 Å². The van der Waals surface area contributed by atoms with Gasteiger partial charge in [-0.2, -0.15) is 5.26 Å².